The van der Waals surface area contributed by atoms with Crippen LogP contribution < -0.4 is 15.5 Å². The fourth-order valence-electron chi connectivity index (χ4n) is 2.53. The largest absolute Gasteiger partial charge is 0.344 e. The standard InChI is InChI=1S/C15H11N3OS2/c19-13-15(16-11-8-4-5-9-12(11)17-15)21-14(20)18(13)10-6-2-1-3-7-10/h1-9,16-17H. The predicted octanol–water partition coefficient (Wildman–Crippen LogP) is 3.24. The van der Waals surface area contributed by atoms with Crippen molar-refractivity contribution in [3.8, 4) is 0 Å². The highest BCUT2D eigenvalue weighted by Crippen LogP contribution is 2.46. The van der Waals surface area contributed by atoms with Crippen molar-refractivity contribution in [3.05, 3.63) is 54.6 Å². The van der Waals surface area contributed by atoms with Crippen LogP contribution in [0, 0.1) is 0 Å². The van der Waals surface area contributed by atoms with Gasteiger partial charge in [-0.3, -0.25) is 9.69 Å². The molecule has 0 saturated carbocycles. The first-order valence-electron chi connectivity index (χ1n) is 6.48. The van der Waals surface area contributed by atoms with Gasteiger partial charge in [0, 0.05) is 0 Å². The number of para-hydroxylation sites is 3. The number of hydrogen-bond acceptors (Lipinski definition) is 5. The average molecular weight is 313 g/mol. The molecule has 104 valence electrons. The molecule has 0 atom stereocenters. The summed E-state index contributed by atoms with van der Waals surface area (Å²) in [5.74, 6) is -0.0973. The molecule has 2 aromatic rings. The molecule has 2 N–H and O–H groups in total. The molecule has 2 aliphatic heterocycles. The van der Waals surface area contributed by atoms with E-state index in [1.54, 1.807) is 4.90 Å². The van der Waals surface area contributed by atoms with E-state index in [1.807, 2.05) is 54.6 Å². The van der Waals surface area contributed by atoms with Gasteiger partial charge in [0.25, 0.3) is 5.91 Å². The van der Waals surface area contributed by atoms with Gasteiger partial charge in [-0.15, -0.1) is 0 Å². The fraction of sp³-hybridized carbons (Fsp3) is 0.0667. The van der Waals surface area contributed by atoms with E-state index in [2.05, 4.69) is 10.6 Å². The second-order valence-electron chi connectivity index (χ2n) is 4.82. The molecule has 1 spiro atoms. The van der Waals surface area contributed by atoms with Crippen LogP contribution in [0.25, 0.3) is 0 Å². The zero-order valence-corrected chi connectivity index (χ0v) is 12.5. The van der Waals surface area contributed by atoms with Crippen molar-refractivity contribution >= 4 is 51.3 Å². The van der Waals surface area contributed by atoms with Crippen molar-refractivity contribution in [2.75, 3.05) is 15.5 Å². The van der Waals surface area contributed by atoms with Crippen molar-refractivity contribution in [3.63, 3.8) is 0 Å². The van der Waals surface area contributed by atoms with Gasteiger partial charge in [0.05, 0.1) is 17.1 Å². The van der Waals surface area contributed by atoms with E-state index in [0.717, 1.165) is 17.1 Å². The summed E-state index contributed by atoms with van der Waals surface area (Å²) in [5.41, 5.74) is 2.61. The number of thiocarbonyl (C=S) groups is 1. The van der Waals surface area contributed by atoms with Gasteiger partial charge in [0.2, 0.25) is 4.99 Å². The van der Waals surface area contributed by atoms with Crippen LogP contribution in [-0.4, -0.2) is 15.2 Å². The first-order valence-corrected chi connectivity index (χ1v) is 7.70. The normalized spacial score (nSPS) is 18.6. The quantitative estimate of drug-likeness (QED) is 0.791. The van der Waals surface area contributed by atoms with Crippen molar-refractivity contribution < 1.29 is 4.79 Å². The van der Waals surface area contributed by atoms with E-state index in [0.29, 0.717) is 4.32 Å². The van der Waals surface area contributed by atoms with Crippen molar-refractivity contribution in [1.82, 2.24) is 0 Å². The third-order valence-corrected chi connectivity index (χ3v) is 4.96. The minimum Gasteiger partial charge on any atom is -0.344 e. The van der Waals surface area contributed by atoms with E-state index < -0.39 is 4.99 Å². The highest BCUT2D eigenvalue weighted by atomic mass is 32.2. The average Bonchev–Trinajstić information content (AvgIpc) is 2.97. The summed E-state index contributed by atoms with van der Waals surface area (Å²) in [5, 5.41) is 6.53. The van der Waals surface area contributed by atoms with Crippen molar-refractivity contribution in [1.29, 1.82) is 0 Å². The van der Waals surface area contributed by atoms with Crippen molar-refractivity contribution in [2.24, 2.45) is 0 Å². The maximum Gasteiger partial charge on any atom is 0.290 e. The predicted molar refractivity (Wildman–Crippen MR) is 90.5 cm³/mol. The third-order valence-electron chi connectivity index (χ3n) is 3.49. The van der Waals surface area contributed by atoms with Gasteiger partial charge >= 0.3 is 0 Å². The maximum absolute atomic E-state index is 12.9. The summed E-state index contributed by atoms with van der Waals surface area (Å²) in [7, 11) is 0. The highest BCUT2D eigenvalue weighted by molar-refractivity contribution is 8.25. The topological polar surface area (TPSA) is 44.4 Å². The Morgan fingerprint density at radius 1 is 0.952 bits per heavy atom. The van der Waals surface area contributed by atoms with Crippen LogP contribution in [0.3, 0.4) is 0 Å². The Labute approximate surface area is 131 Å². The number of carbonyl (C=O) groups is 1. The summed E-state index contributed by atoms with van der Waals surface area (Å²) in [6.45, 7) is 0. The molecule has 0 unspecified atom stereocenters. The van der Waals surface area contributed by atoms with Gasteiger partial charge in [-0.2, -0.15) is 0 Å². The number of carbonyl (C=O) groups excluding carboxylic acids is 1. The molecule has 0 aromatic heterocycles. The van der Waals surface area contributed by atoms with E-state index >= 15 is 0 Å². The van der Waals surface area contributed by atoms with E-state index in [9.17, 15) is 4.79 Å². The lowest BCUT2D eigenvalue weighted by atomic mass is 10.3. The molecule has 0 aliphatic carbocycles. The Morgan fingerprint density at radius 2 is 1.52 bits per heavy atom. The maximum atomic E-state index is 12.9. The zero-order chi connectivity index (χ0) is 14.4. The SMILES string of the molecule is O=C1N(c2ccccc2)C(=S)SC12Nc1ccccc1N2. The lowest BCUT2D eigenvalue weighted by Crippen LogP contribution is -2.48. The van der Waals surface area contributed by atoms with Crippen LogP contribution in [0.1, 0.15) is 0 Å². The van der Waals surface area contributed by atoms with Crippen LogP contribution in [0.15, 0.2) is 54.6 Å². The van der Waals surface area contributed by atoms with Gasteiger partial charge in [-0.1, -0.05) is 42.5 Å². The van der Waals surface area contributed by atoms with Crippen LogP contribution >= 0.6 is 24.0 Å². The molecule has 4 nitrogen and oxygen atoms in total. The monoisotopic (exact) mass is 313 g/mol. The Morgan fingerprint density at radius 3 is 2.14 bits per heavy atom. The van der Waals surface area contributed by atoms with Gasteiger partial charge in [0.15, 0.2) is 4.32 Å². The summed E-state index contributed by atoms with van der Waals surface area (Å²) in [6, 6.07) is 17.2. The lowest BCUT2D eigenvalue weighted by Gasteiger charge is -2.22. The Bertz CT molecular complexity index is 723. The van der Waals surface area contributed by atoms with Crippen LogP contribution in [0.4, 0.5) is 17.1 Å². The second kappa shape index (κ2) is 4.47. The van der Waals surface area contributed by atoms with E-state index in [1.165, 1.54) is 11.8 Å². The lowest BCUT2D eigenvalue weighted by molar-refractivity contribution is -0.118. The zero-order valence-electron chi connectivity index (χ0n) is 10.9. The molecule has 2 heterocycles. The second-order valence-corrected chi connectivity index (χ2v) is 6.67. The Kier molecular flexibility index (Phi) is 2.70. The van der Waals surface area contributed by atoms with Gasteiger partial charge in [0.1, 0.15) is 0 Å². The minimum atomic E-state index is -0.934. The molecule has 1 fully saturated rings. The summed E-state index contributed by atoms with van der Waals surface area (Å²) in [4.78, 5) is 13.5. The van der Waals surface area contributed by atoms with Crippen LogP contribution in [0.5, 0.6) is 0 Å². The third kappa shape index (κ3) is 1.83. The fourth-order valence-corrected chi connectivity index (χ4v) is 4.14. The molecule has 2 aliphatic rings. The number of nitrogens with one attached hydrogen (secondary N) is 2. The Hall–Kier alpha value is -2.05. The molecule has 1 amide bonds. The summed E-state index contributed by atoms with van der Waals surface area (Å²) >= 11 is 6.74. The minimum absolute atomic E-state index is 0.0973. The molecule has 0 radical (unpaired) electrons. The molecular formula is C15H11N3OS2. The van der Waals surface area contributed by atoms with E-state index in [4.69, 9.17) is 12.2 Å². The number of rotatable bonds is 1. The van der Waals surface area contributed by atoms with Crippen molar-refractivity contribution in [2.45, 2.75) is 4.99 Å². The molecule has 6 heteroatoms. The first-order chi connectivity index (χ1) is 10.2. The number of nitrogens with zero attached hydrogens (tertiary/aromatic N) is 1. The number of anilines is 3. The molecular weight excluding hydrogens is 302 g/mol. The highest BCUT2D eigenvalue weighted by Gasteiger charge is 2.54. The van der Waals surface area contributed by atoms with Crippen LogP contribution in [0.2, 0.25) is 0 Å². The molecule has 2 aromatic carbocycles. The van der Waals surface area contributed by atoms with Crippen LogP contribution in [-0.2, 0) is 4.79 Å². The van der Waals surface area contributed by atoms with Gasteiger partial charge < -0.3 is 10.6 Å². The summed E-state index contributed by atoms with van der Waals surface area (Å²) < 4.78 is 0.541. The van der Waals surface area contributed by atoms with E-state index in [-0.39, 0.29) is 5.91 Å². The first kappa shape index (κ1) is 12.7. The van der Waals surface area contributed by atoms with Gasteiger partial charge in [-0.05, 0) is 36.0 Å². The number of hydrogen-bond donors (Lipinski definition) is 2. The number of benzene rings is 2. The molecule has 0 bridgehead atoms. The molecule has 1 saturated heterocycles. The molecule has 4 rings (SSSR count). The summed E-state index contributed by atoms with van der Waals surface area (Å²) in [6.07, 6.45) is 0. The Balaban J connectivity index is 1.72. The number of amides is 1. The van der Waals surface area contributed by atoms with Gasteiger partial charge in [-0.25, -0.2) is 0 Å². The smallest absolute Gasteiger partial charge is 0.290 e. The number of fused-ring (bicyclic) bond motifs is 1. The number of thioether (sulfide) groups is 1. The molecule has 21 heavy (non-hydrogen) atoms.